The molecule has 0 aliphatic heterocycles. The molecule has 4 nitrogen and oxygen atoms in total. The average molecular weight is 297 g/mol. The molecule has 0 bridgehead atoms. The zero-order chi connectivity index (χ0) is 15.9. The summed E-state index contributed by atoms with van der Waals surface area (Å²) in [6.07, 6.45) is 0.657. The van der Waals surface area contributed by atoms with Gasteiger partial charge in [0.05, 0.1) is 17.3 Å². The average Bonchev–Trinajstić information content (AvgIpc) is 2.55. The molecule has 112 valence electrons. The van der Waals surface area contributed by atoms with Crippen LogP contribution in [-0.4, -0.2) is 19.5 Å². The Kier molecular flexibility index (Phi) is 5.10. The summed E-state index contributed by atoms with van der Waals surface area (Å²) in [5.74, 6) is -0.578. The summed E-state index contributed by atoms with van der Waals surface area (Å²) in [5, 5.41) is 14.3. The van der Waals surface area contributed by atoms with E-state index < -0.39 is 5.82 Å². The van der Waals surface area contributed by atoms with E-state index in [-0.39, 0.29) is 5.91 Å². The number of hydrogen-bond donors (Lipinski definition) is 2. The Morgan fingerprint density at radius 3 is 2.77 bits per heavy atom. The van der Waals surface area contributed by atoms with Crippen molar-refractivity contribution in [3.8, 4) is 6.07 Å². The summed E-state index contributed by atoms with van der Waals surface area (Å²) in [4.78, 5) is 11.6. The maximum atomic E-state index is 13.7. The number of anilines is 1. The molecule has 0 aliphatic rings. The van der Waals surface area contributed by atoms with Crippen molar-refractivity contribution < 1.29 is 9.18 Å². The Labute approximate surface area is 128 Å². The van der Waals surface area contributed by atoms with E-state index in [1.165, 1.54) is 6.07 Å². The summed E-state index contributed by atoms with van der Waals surface area (Å²) in [7, 11) is 1.59. The minimum Gasteiger partial charge on any atom is -0.382 e. The zero-order valence-corrected chi connectivity index (χ0v) is 12.2. The minimum absolute atomic E-state index is 0.132. The van der Waals surface area contributed by atoms with Crippen LogP contribution in [0.4, 0.5) is 10.1 Å². The second kappa shape index (κ2) is 7.23. The highest BCUT2D eigenvalue weighted by Gasteiger charge is 2.05. The van der Waals surface area contributed by atoms with Gasteiger partial charge in [0.25, 0.3) is 5.91 Å². The van der Waals surface area contributed by atoms with Crippen LogP contribution in [0.15, 0.2) is 42.5 Å². The Bertz CT molecular complexity index is 722. The first-order chi connectivity index (χ1) is 10.6. The van der Waals surface area contributed by atoms with Gasteiger partial charge in [-0.3, -0.25) is 4.79 Å². The third kappa shape index (κ3) is 3.83. The predicted octanol–water partition coefficient (Wildman–Crippen LogP) is 2.71. The van der Waals surface area contributed by atoms with Crippen molar-refractivity contribution in [3.05, 3.63) is 65.0 Å². The third-order valence-electron chi connectivity index (χ3n) is 3.24. The molecule has 2 N–H and O–H groups in total. The van der Waals surface area contributed by atoms with Crippen LogP contribution in [0.2, 0.25) is 0 Å². The highest BCUT2D eigenvalue weighted by Crippen LogP contribution is 2.15. The number of amides is 1. The topological polar surface area (TPSA) is 64.9 Å². The molecule has 0 radical (unpaired) electrons. The Hall–Kier alpha value is -2.87. The number of nitriles is 1. The van der Waals surface area contributed by atoms with Crippen LogP contribution in [0.3, 0.4) is 0 Å². The van der Waals surface area contributed by atoms with Crippen LogP contribution in [0, 0.1) is 17.1 Å². The molecule has 2 aromatic carbocycles. The summed E-state index contributed by atoms with van der Waals surface area (Å²) >= 11 is 0. The molecule has 5 heteroatoms. The number of halogens is 1. The number of rotatable bonds is 5. The number of hydrogen-bond acceptors (Lipinski definition) is 3. The standard InChI is InChI=1S/C17H16FN3O/c1-20-17(22)14-4-2-3-12(9-14)7-8-21-16-6-5-13(11-19)10-15(16)18/h2-6,9-10,21H,7-8H2,1H3,(H,20,22). The predicted molar refractivity (Wildman–Crippen MR) is 83.1 cm³/mol. The molecule has 22 heavy (non-hydrogen) atoms. The quantitative estimate of drug-likeness (QED) is 0.892. The Morgan fingerprint density at radius 2 is 2.09 bits per heavy atom. The summed E-state index contributed by atoms with van der Waals surface area (Å²) in [5.41, 5.74) is 2.25. The van der Waals surface area contributed by atoms with Crippen LogP contribution in [0.1, 0.15) is 21.5 Å². The maximum Gasteiger partial charge on any atom is 0.251 e. The Morgan fingerprint density at radius 1 is 1.27 bits per heavy atom. The molecule has 0 saturated heterocycles. The highest BCUT2D eigenvalue weighted by atomic mass is 19.1. The molecule has 0 atom stereocenters. The smallest absolute Gasteiger partial charge is 0.251 e. The van der Waals surface area contributed by atoms with Crippen molar-refractivity contribution >= 4 is 11.6 Å². The van der Waals surface area contributed by atoms with E-state index in [0.29, 0.717) is 29.8 Å². The summed E-state index contributed by atoms with van der Waals surface area (Å²) in [6, 6.07) is 13.5. The number of carbonyl (C=O) groups excluding carboxylic acids is 1. The molecule has 0 aromatic heterocycles. The number of carbonyl (C=O) groups is 1. The van der Waals surface area contributed by atoms with Gasteiger partial charge in [-0.1, -0.05) is 12.1 Å². The van der Waals surface area contributed by atoms with E-state index >= 15 is 0 Å². The lowest BCUT2D eigenvalue weighted by atomic mass is 10.1. The first-order valence-electron chi connectivity index (χ1n) is 6.88. The minimum atomic E-state index is -0.446. The van der Waals surface area contributed by atoms with Crippen molar-refractivity contribution in [2.24, 2.45) is 0 Å². The van der Waals surface area contributed by atoms with Gasteiger partial charge in [0, 0.05) is 19.2 Å². The molecule has 0 unspecified atom stereocenters. The summed E-state index contributed by atoms with van der Waals surface area (Å²) in [6.45, 7) is 0.528. The molecule has 0 spiro atoms. The molecule has 0 saturated carbocycles. The first kappa shape index (κ1) is 15.5. The normalized spacial score (nSPS) is 9.86. The van der Waals surface area contributed by atoms with Crippen LogP contribution >= 0.6 is 0 Å². The second-order valence-corrected chi connectivity index (χ2v) is 4.76. The molecular weight excluding hydrogens is 281 g/mol. The van der Waals surface area contributed by atoms with Crippen molar-refractivity contribution in [3.63, 3.8) is 0 Å². The van der Waals surface area contributed by atoms with Gasteiger partial charge in [0.2, 0.25) is 0 Å². The van der Waals surface area contributed by atoms with Gasteiger partial charge < -0.3 is 10.6 Å². The van der Waals surface area contributed by atoms with E-state index in [0.717, 1.165) is 5.56 Å². The van der Waals surface area contributed by atoms with E-state index in [9.17, 15) is 9.18 Å². The van der Waals surface area contributed by atoms with Crippen molar-refractivity contribution in [2.45, 2.75) is 6.42 Å². The SMILES string of the molecule is CNC(=O)c1cccc(CCNc2ccc(C#N)cc2F)c1. The fourth-order valence-corrected chi connectivity index (χ4v) is 2.08. The van der Waals surface area contributed by atoms with E-state index in [4.69, 9.17) is 5.26 Å². The lowest BCUT2D eigenvalue weighted by Crippen LogP contribution is -2.18. The molecule has 2 aromatic rings. The molecule has 0 fully saturated rings. The second-order valence-electron chi connectivity index (χ2n) is 4.76. The first-order valence-corrected chi connectivity index (χ1v) is 6.88. The third-order valence-corrected chi connectivity index (χ3v) is 3.24. The van der Waals surface area contributed by atoms with Crippen molar-refractivity contribution in [1.82, 2.24) is 5.32 Å². The maximum absolute atomic E-state index is 13.7. The van der Waals surface area contributed by atoms with Gasteiger partial charge in [-0.25, -0.2) is 4.39 Å². The largest absolute Gasteiger partial charge is 0.382 e. The van der Waals surface area contributed by atoms with E-state index in [1.54, 1.807) is 25.2 Å². The van der Waals surface area contributed by atoms with Gasteiger partial charge in [-0.05, 0) is 42.3 Å². The van der Waals surface area contributed by atoms with Crippen molar-refractivity contribution in [1.29, 1.82) is 5.26 Å². The fourth-order valence-electron chi connectivity index (χ4n) is 2.08. The van der Waals surface area contributed by atoms with Gasteiger partial charge in [-0.2, -0.15) is 5.26 Å². The van der Waals surface area contributed by atoms with Crippen molar-refractivity contribution in [2.75, 3.05) is 18.9 Å². The van der Waals surface area contributed by atoms with E-state index in [2.05, 4.69) is 10.6 Å². The lowest BCUT2D eigenvalue weighted by molar-refractivity contribution is 0.0963. The monoisotopic (exact) mass is 297 g/mol. The fraction of sp³-hybridized carbons (Fsp3) is 0.176. The number of nitrogens with zero attached hydrogens (tertiary/aromatic N) is 1. The van der Waals surface area contributed by atoms with Gasteiger partial charge in [0.15, 0.2) is 0 Å². The molecule has 0 heterocycles. The van der Waals surface area contributed by atoms with E-state index in [1.807, 2.05) is 24.3 Å². The van der Waals surface area contributed by atoms with Crippen LogP contribution < -0.4 is 10.6 Å². The van der Waals surface area contributed by atoms with Gasteiger partial charge in [-0.15, -0.1) is 0 Å². The lowest BCUT2D eigenvalue weighted by Gasteiger charge is -2.08. The van der Waals surface area contributed by atoms with Crippen LogP contribution in [0.25, 0.3) is 0 Å². The number of nitrogens with one attached hydrogen (secondary N) is 2. The molecule has 0 aliphatic carbocycles. The number of benzene rings is 2. The molecular formula is C17H16FN3O. The molecule has 2 rings (SSSR count). The Balaban J connectivity index is 1.97. The van der Waals surface area contributed by atoms with Gasteiger partial charge in [0.1, 0.15) is 5.82 Å². The highest BCUT2D eigenvalue weighted by molar-refractivity contribution is 5.94. The summed E-state index contributed by atoms with van der Waals surface area (Å²) < 4.78 is 13.7. The van der Waals surface area contributed by atoms with Crippen LogP contribution in [0.5, 0.6) is 0 Å². The van der Waals surface area contributed by atoms with Gasteiger partial charge >= 0.3 is 0 Å². The zero-order valence-electron chi connectivity index (χ0n) is 12.2. The van der Waals surface area contributed by atoms with Crippen LogP contribution in [-0.2, 0) is 6.42 Å². The molecule has 1 amide bonds.